The van der Waals surface area contributed by atoms with Gasteiger partial charge in [0, 0.05) is 43.6 Å². The Labute approximate surface area is 249 Å². The van der Waals surface area contributed by atoms with Crippen LogP contribution in [-0.4, -0.2) is 91.3 Å². The molecule has 0 radical (unpaired) electrons. The summed E-state index contributed by atoms with van der Waals surface area (Å²) in [6.07, 6.45) is 1.82. The summed E-state index contributed by atoms with van der Waals surface area (Å²) in [7, 11) is 3.19. The molecule has 0 saturated carbocycles. The zero-order valence-corrected chi connectivity index (χ0v) is 24.2. The average Bonchev–Trinajstić information content (AvgIpc) is 3.47. The average molecular weight is 588 g/mol. The summed E-state index contributed by atoms with van der Waals surface area (Å²) in [5.74, 6) is 0.0131. The van der Waals surface area contributed by atoms with Gasteiger partial charge in [0.25, 0.3) is 5.91 Å². The van der Waals surface area contributed by atoms with Crippen LogP contribution >= 0.6 is 0 Å². The van der Waals surface area contributed by atoms with Crippen LogP contribution < -0.4 is 14.8 Å². The van der Waals surface area contributed by atoms with Crippen molar-refractivity contribution in [1.29, 1.82) is 0 Å². The fraction of sp³-hybridized carbons (Fsp3) is 0.281. The van der Waals surface area contributed by atoms with Gasteiger partial charge in [0.05, 0.1) is 38.7 Å². The Morgan fingerprint density at radius 2 is 1.60 bits per heavy atom. The molecule has 1 N–H and O–H groups in total. The molecule has 2 amide bonds. The van der Waals surface area contributed by atoms with E-state index in [1.54, 1.807) is 24.9 Å². The highest BCUT2D eigenvalue weighted by Crippen LogP contribution is 2.27. The molecule has 11 heteroatoms. The molecular formula is C32H34FN5O5. The maximum absolute atomic E-state index is 14.6. The molecule has 0 bridgehead atoms. The highest BCUT2D eigenvalue weighted by atomic mass is 19.1. The molecule has 1 aliphatic rings. The molecule has 10 nitrogen and oxygen atoms in total. The van der Waals surface area contributed by atoms with E-state index in [9.17, 15) is 14.0 Å². The Hall–Kier alpha value is -4.74. The van der Waals surface area contributed by atoms with Crippen molar-refractivity contribution in [1.82, 2.24) is 19.4 Å². The quantitative estimate of drug-likeness (QED) is 0.282. The van der Waals surface area contributed by atoms with Crippen LogP contribution in [0.2, 0.25) is 0 Å². The Balaban J connectivity index is 1.40. The second kappa shape index (κ2) is 14.0. The SMILES string of the molecule is COc1ccc(-c2cn(-c3ccc(OC)cc3)c(NC(=O)CN(CCN3CCOCC3)C(=O)c3ccccc3F)n2)cc1. The Morgan fingerprint density at radius 1 is 0.953 bits per heavy atom. The lowest BCUT2D eigenvalue weighted by Gasteiger charge is -2.30. The number of halogens is 1. The van der Waals surface area contributed by atoms with Crippen LogP contribution in [0, 0.1) is 5.82 Å². The van der Waals surface area contributed by atoms with E-state index in [0.717, 1.165) is 24.3 Å². The first-order valence-corrected chi connectivity index (χ1v) is 14.0. The van der Waals surface area contributed by atoms with E-state index in [1.807, 2.05) is 54.7 Å². The van der Waals surface area contributed by atoms with Gasteiger partial charge in [-0.2, -0.15) is 0 Å². The third-order valence-corrected chi connectivity index (χ3v) is 7.21. The van der Waals surface area contributed by atoms with Crippen LogP contribution in [0.15, 0.2) is 79.0 Å². The van der Waals surface area contributed by atoms with Crippen molar-refractivity contribution in [3.8, 4) is 28.4 Å². The number of hydrogen-bond donors (Lipinski definition) is 1. The number of ether oxygens (including phenoxy) is 3. The molecule has 1 aromatic heterocycles. The topological polar surface area (TPSA) is 98.2 Å². The van der Waals surface area contributed by atoms with Crippen molar-refractivity contribution in [2.45, 2.75) is 0 Å². The first-order chi connectivity index (χ1) is 20.9. The van der Waals surface area contributed by atoms with Crippen molar-refractivity contribution in [2.24, 2.45) is 0 Å². The molecule has 3 aromatic carbocycles. The van der Waals surface area contributed by atoms with E-state index < -0.39 is 17.6 Å². The van der Waals surface area contributed by atoms with Gasteiger partial charge in [-0.1, -0.05) is 12.1 Å². The number of imidazole rings is 1. The molecule has 2 heterocycles. The maximum Gasteiger partial charge on any atom is 0.257 e. The number of morpholine rings is 1. The highest BCUT2D eigenvalue weighted by Gasteiger charge is 2.24. The van der Waals surface area contributed by atoms with E-state index in [4.69, 9.17) is 19.2 Å². The van der Waals surface area contributed by atoms with Gasteiger partial charge in [-0.15, -0.1) is 0 Å². The number of nitrogens with zero attached hydrogens (tertiary/aromatic N) is 4. The van der Waals surface area contributed by atoms with Gasteiger partial charge in [-0.3, -0.25) is 24.4 Å². The fourth-order valence-electron chi connectivity index (χ4n) is 4.79. The zero-order chi connectivity index (χ0) is 30.2. The van der Waals surface area contributed by atoms with Crippen LogP contribution in [-0.2, 0) is 9.53 Å². The number of hydrogen-bond acceptors (Lipinski definition) is 7. The van der Waals surface area contributed by atoms with Gasteiger partial charge in [-0.05, 0) is 60.7 Å². The van der Waals surface area contributed by atoms with Gasteiger partial charge < -0.3 is 19.1 Å². The zero-order valence-electron chi connectivity index (χ0n) is 24.2. The van der Waals surface area contributed by atoms with Gasteiger partial charge in [0.1, 0.15) is 23.9 Å². The summed E-state index contributed by atoms with van der Waals surface area (Å²) in [5.41, 5.74) is 2.11. The first kappa shape index (κ1) is 29.7. The number of methoxy groups -OCH3 is 2. The summed E-state index contributed by atoms with van der Waals surface area (Å²) in [5, 5.41) is 2.88. The molecule has 43 heavy (non-hydrogen) atoms. The van der Waals surface area contributed by atoms with Crippen LogP contribution in [0.4, 0.5) is 10.3 Å². The number of aromatic nitrogens is 2. The van der Waals surface area contributed by atoms with Crippen molar-refractivity contribution < 1.29 is 28.2 Å². The minimum atomic E-state index is -0.636. The van der Waals surface area contributed by atoms with E-state index in [2.05, 4.69) is 10.2 Å². The maximum atomic E-state index is 14.6. The molecule has 4 aromatic rings. The van der Waals surface area contributed by atoms with Crippen molar-refractivity contribution in [3.05, 3.63) is 90.4 Å². The van der Waals surface area contributed by atoms with E-state index in [1.165, 1.54) is 23.1 Å². The minimum absolute atomic E-state index is 0.0844. The number of rotatable bonds is 11. The summed E-state index contributed by atoms with van der Waals surface area (Å²) < 4.78 is 32.3. The molecule has 0 aliphatic carbocycles. The number of nitrogens with one attached hydrogen (secondary N) is 1. The normalized spacial score (nSPS) is 13.4. The lowest BCUT2D eigenvalue weighted by molar-refractivity contribution is -0.117. The second-order valence-corrected chi connectivity index (χ2v) is 9.96. The smallest absolute Gasteiger partial charge is 0.257 e. The van der Waals surface area contributed by atoms with Gasteiger partial charge in [0.15, 0.2) is 0 Å². The minimum Gasteiger partial charge on any atom is -0.497 e. The highest BCUT2D eigenvalue weighted by molar-refractivity contribution is 5.99. The lowest BCUT2D eigenvalue weighted by atomic mass is 10.1. The largest absolute Gasteiger partial charge is 0.497 e. The van der Waals surface area contributed by atoms with Crippen LogP contribution in [0.25, 0.3) is 16.9 Å². The van der Waals surface area contributed by atoms with Gasteiger partial charge in [0.2, 0.25) is 11.9 Å². The van der Waals surface area contributed by atoms with Crippen LogP contribution in [0.3, 0.4) is 0 Å². The third kappa shape index (κ3) is 7.37. The number of anilines is 1. The Bertz CT molecular complexity index is 1530. The molecular weight excluding hydrogens is 553 g/mol. The monoisotopic (exact) mass is 587 g/mol. The number of carbonyl (C=O) groups excluding carboxylic acids is 2. The van der Waals surface area contributed by atoms with E-state index in [-0.39, 0.29) is 24.6 Å². The molecule has 0 spiro atoms. The van der Waals surface area contributed by atoms with Crippen molar-refractivity contribution >= 4 is 17.8 Å². The molecule has 1 aliphatic heterocycles. The number of amides is 2. The molecule has 1 saturated heterocycles. The molecule has 5 rings (SSSR count). The number of benzene rings is 3. The number of carbonyl (C=O) groups is 2. The Morgan fingerprint density at radius 3 is 2.26 bits per heavy atom. The Kier molecular flexibility index (Phi) is 9.65. The van der Waals surface area contributed by atoms with Gasteiger partial charge in [-0.25, -0.2) is 9.37 Å². The third-order valence-electron chi connectivity index (χ3n) is 7.21. The lowest BCUT2D eigenvalue weighted by Crippen LogP contribution is -2.45. The predicted octanol–water partition coefficient (Wildman–Crippen LogP) is 4.11. The first-order valence-electron chi connectivity index (χ1n) is 14.0. The summed E-state index contributed by atoms with van der Waals surface area (Å²) in [6, 6.07) is 20.5. The van der Waals surface area contributed by atoms with Gasteiger partial charge >= 0.3 is 0 Å². The molecule has 1 fully saturated rings. The van der Waals surface area contributed by atoms with E-state index in [0.29, 0.717) is 37.0 Å². The molecule has 224 valence electrons. The predicted molar refractivity (Wildman–Crippen MR) is 160 cm³/mol. The second-order valence-electron chi connectivity index (χ2n) is 9.96. The molecule has 0 unspecified atom stereocenters. The fourth-order valence-corrected chi connectivity index (χ4v) is 4.79. The molecule has 0 atom stereocenters. The van der Waals surface area contributed by atoms with Crippen LogP contribution in [0.5, 0.6) is 11.5 Å². The summed E-state index contributed by atoms with van der Waals surface area (Å²) in [6.45, 7) is 3.13. The summed E-state index contributed by atoms with van der Waals surface area (Å²) in [4.78, 5) is 35.2. The summed E-state index contributed by atoms with van der Waals surface area (Å²) >= 11 is 0. The van der Waals surface area contributed by atoms with Crippen LogP contribution in [0.1, 0.15) is 10.4 Å². The van der Waals surface area contributed by atoms with Crippen molar-refractivity contribution in [2.75, 3.05) is 65.5 Å². The standard InChI is InChI=1S/C32H34FN5O5/c1-41-25-11-7-23(8-12-25)29-21-38(24-9-13-26(42-2)14-10-24)32(34-29)35-30(39)22-37(16-15-36-17-19-43-20-18-36)31(40)27-5-3-4-6-28(27)33/h3-14,21H,15-20,22H2,1-2H3,(H,34,35,39). The van der Waals surface area contributed by atoms with Crippen molar-refractivity contribution in [3.63, 3.8) is 0 Å². The van der Waals surface area contributed by atoms with E-state index >= 15 is 0 Å².